The van der Waals surface area contributed by atoms with Crippen molar-refractivity contribution in [2.24, 2.45) is 0 Å². The maximum Gasteiger partial charge on any atom is 0.290 e. The number of aryl methyl sites for hydroxylation is 1. The minimum Gasteiger partial charge on any atom is -0.503 e. The lowest BCUT2D eigenvalue weighted by atomic mass is 10.2. The number of nitrogens with one attached hydrogen (secondary N) is 1. The molecule has 1 amide bonds. The van der Waals surface area contributed by atoms with Crippen molar-refractivity contribution in [3.63, 3.8) is 0 Å². The molecule has 0 fully saturated rings. The van der Waals surface area contributed by atoms with Crippen molar-refractivity contribution in [3.8, 4) is 5.75 Å². The van der Waals surface area contributed by atoms with Gasteiger partial charge in [-0.2, -0.15) is 4.57 Å². The van der Waals surface area contributed by atoms with Crippen molar-refractivity contribution >= 4 is 11.6 Å². The topological polar surface area (TPSA) is 53.2 Å². The summed E-state index contributed by atoms with van der Waals surface area (Å²) >= 11 is 0. The molecule has 0 spiro atoms. The molecule has 0 saturated heterocycles. The van der Waals surface area contributed by atoms with Crippen LogP contribution in [0.1, 0.15) is 5.56 Å². The van der Waals surface area contributed by atoms with Gasteiger partial charge in [-0.3, -0.25) is 4.79 Å². The highest BCUT2D eigenvalue weighted by molar-refractivity contribution is 5.89. The van der Waals surface area contributed by atoms with Crippen LogP contribution in [0.25, 0.3) is 0 Å². The van der Waals surface area contributed by atoms with Gasteiger partial charge in [0.05, 0.1) is 0 Å². The van der Waals surface area contributed by atoms with Crippen LogP contribution in [0.4, 0.5) is 5.69 Å². The van der Waals surface area contributed by atoms with Gasteiger partial charge in [-0.15, -0.1) is 0 Å². The molecule has 1 aromatic carbocycles. The van der Waals surface area contributed by atoms with Crippen molar-refractivity contribution in [1.82, 2.24) is 0 Å². The van der Waals surface area contributed by atoms with Crippen LogP contribution >= 0.6 is 0 Å². The van der Waals surface area contributed by atoms with Gasteiger partial charge in [0.25, 0.3) is 5.91 Å². The summed E-state index contributed by atoms with van der Waals surface area (Å²) < 4.78 is 1.63. The number of carbonyl (C=O) groups is 1. The van der Waals surface area contributed by atoms with Crippen molar-refractivity contribution in [2.75, 3.05) is 5.32 Å². The number of anilines is 1. The lowest BCUT2D eigenvalue weighted by Crippen LogP contribution is -2.39. The number of rotatable bonds is 3. The monoisotopic (exact) mass is 243 g/mol. The SMILES string of the molecule is Cc1cccc(NC(=O)C[n+]2cccc(O)c2)c1. The number of hydrogen-bond donors (Lipinski definition) is 2. The van der Waals surface area contributed by atoms with Crippen LogP contribution in [-0.4, -0.2) is 11.0 Å². The highest BCUT2D eigenvalue weighted by Crippen LogP contribution is 2.09. The predicted octanol–water partition coefficient (Wildman–Crippen LogP) is 1.63. The molecule has 4 heteroatoms. The molecule has 4 nitrogen and oxygen atoms in total. The van der Waals surface area contributed by atoms with Crippen LogP contribution in [0.5, 0.6) is 5.75 Å². The summed E-state index contributed by atoms with van der Waals surface area (Å²) in [5.74, 6) is 0.0112. The molecule has 0 bridgehead atoms. The Morgan fingerprint density at radius 1 is 1.33 bits per heavy atom. The molecule has 0 aliphatic carbocycles. The van der Waals surface area contributed by atoms with E-state index in [9.17, 15) is 9.90 Å². The molecular weight excluding hydrogens is 228 g/mol. The van der Waals surface area contributed by atoms with E-state index >= 15 is 0 Å². The first-order valence-corrected chi connectivity index (χ1v) is 5.68. The molecule has 2 aromatic rings. The summed E-state index contributed by atoms with van der Waals surface area (Å²) in [5, 5.41) is 12.1. The van der Waals surface area contributed by atoms with Gasteiger partial charge in [-0.1, -0.05) is 12.1 Å². The number of nitrogens with zero attached hydrogens (tertiary/aromatic N) is 1. The zero-order valence-corrected chi connectivity index (χ0v) is 10.1. The van der Waals surface area contributed by atoms with E-state index in [2.05, 4.69) is 5.32 Å². The fourth-order valence-electron chi connectivity index (χ4n) is 1.70. The summed E-state index contributed by atoms with van der Waals surface area (Å²) in [4.78, 5) is 11.8. The largest absolute Gasteiger partial charge is 0.503 e. The number of benzene rings is 1. The van der Waals surface area contributed by atoms with Crippen molar-refractivity contribution in [3.05, 3.63) is 54.4 Å². The van der Waals surface area contributed by atoms with Crippen LogP contribution in [0.2, 0.25) is 0 Å². The molecular formula is C14H15N2O2+. The number of amides is 1. The third kappa shape index (κ3) is 3.31. The van der Waals surface area contributed by atoms with E-state index in [0.29, 0.717) is 0 Å². The summed E-state index contributed by atoms with van der Waals surface area (Å²) in [6.07, 6.45) is 3.24. The zero-order chi connectivity index (χ0) is 13.0. The Morgan fingerprint density at radius 3 is 2.89 bits per heavy atom. The van der Waals surface area contributed by atoms with Crippen molar-refractivity contribution in [2.45, 2.75) is 13.5 Å². The molecule has 1 heterocycles. The van der Waals surface area contributed by atoms with Gasteiger partial charge in [-0.05, 0) is 30.7 Å². The standard InChI is InChI=1S/C14H14N2O2/c1-11-4-2-5-12(8-11)15-14(18)10-16-7-3-6-13(17)9-16/h2-9H,10H2,1H3,(H-,15,17,18)/p+1. The summed E-state index contributed by atoms with van der Waals surface area (Å²) in [5.41, 5.74) is 1.87. The van der Waals surface area contributed by atoms with Gasteiger partial charge in [0.15, 0.2) is 11.9 Å². The Bertz CT molecular complexity index is 518. The summed E-state index contributed by atoms with van der Waals surface area (Å²) in [6.45, 7) is 2.14. The number of pyridine rings is 1. The molecule has 18 heavy (non-hydrogen) atoms. The van der Waals surface area contributed by atoms with Gasteiger partial charge in [-0.25, -0.2) is 0 Å². The number of aromatic hydroxyl groups is 1. The molecule has 0 atom stereocenters. The molecule has 1 aromatic heterocycles. The molecule has 92 valence electrons. The Morgan fingerprint density at radius 2 is 2.17 bits per heavy atom. The van der Waals surface area contributed by atoms with E-state index in [1.165, 1.54) is 6.20 Å². The van der Waals surface area contributed by atoms with E-state index in [0.717, 1.165) is 11.3 Å². The molecule has 0 saturated carbocycles. The van der Waals surface area contributed by atoms with Crippen LogP contribution in [0, 0.1) is 6.92 Å². The predicted molar refractivity (Wildman–Crippen MR) is 68.1 cm³/mol. The maximum absolute atomic E-state index is 11.8. The van der Waals surface area contributed by atoms with E-state index < -0.39 is 0 Å². The number of hydrogen-bond acceptors (Lipinski definition) is 2. The third-order valence-electron chi connectivity index (χ3n) is 2.47. The third-order valence-corrected chi connectivity index (χ3v) is 2.47. The lowest BCUT2D eigenvalue weighted by Gasteiger charge is -2.03. The Balaban J connectivity index is 2.01. The van der Waals surface area contributed by atoms with E-state index in [4.69, 9.17) is 0 Å². The van der Waals surface area contributed by atoms with Crippen LogP contribution in [0.15, 0.2) is 48.8 Å². The fraction of sp³-hybridized carbons (Fsp3) is 0.143. The van der Waals surface area contributed by atoms with Gasteiger partial charge >= 0.3 is 0 Å². The zero-order valence-electron chi connectivity index (χ0n) is 10.1. The fourth-order valence-corrected chi connectivity index (χ4v) is 1.70. The van der Waals surface area contributed by atoms with E-state index in [-0.39, 0.29) is 18.2 Å². The average Bonchev–Trinajstić information content (AvgIpc) is 2.28. The molecule has 0 unspecified atom stereocenters. The molecule has 0 aliphatic heterocycles. The Hall–Kier alpha value is -2.36. The minimum absolute atomic E-state index is 0.129. The lowest BCUT2D eigenvalue weighted by molar-refractivity contribution is -0.684. The Labute approximate surface area is 106 Å². The number of carbonyl (C=O) groups excluding carboxylic acids is 1. The van der Waals surface area contributed by atoms with Gasteiger partial charge < -0.3 is 10.4 Å². The summed E-state index contributed by atoms with van der Waals surface area (Å²) in [6, 6.07) is 10.9. The van der Waals surface area contributed by atoms with Gasteiger partial charge in [0, 0.05) is 11.8 Å². The van der Waals surface area contributed by atoms with Crippen molar-refractivity contribution in [1.29, 1.82) is 0 Å². The van der Waals surface area contributed by atoms with Crippen molar-refractivity contribution < 1.29 is 14.5 Å². The second-order valence-corrected chi connectivity index (χ2v) is 4.15. The first kappa shape index (κ1) is 12.1. The Kier molecular flexibility index (Phi) is 3.57. The average molecular weight is 243 g/mol. The van der Waals surface area contributed by atoms with Gasteiger partial charge in [0.1, 0.15) is 0 Å². The van der Waals surface area contributed by atoms with Crippen LogP contribution in [-0.2, 0) is 11.3 Å². The first-order valence-electron chi connectivity index (χ1n) is 5.68. The summed E-state index contributed by atoms with van der Waals surface area (Å²) in [7, 11) is 0. The molecule has 0 radical (unpaired) electrons. The van der Waals surface area contributed by atoms with Gasteiger partial charge in [0.2, 0.25) is 12.7 Å². The van der Waals surface area contributed by atoms with E-state index in [1.807, 2.05) is 31.2 Å². The molecule has 2 N–H and O–H groups in total. The van der Waals surface area contributed by atoms with Crippen LogP contribution in [0.3, 0.4) is 0 Å². The number of aromatic nitrogens is 1. The van der Waals surface area contributed by atoms with Crippen LogP contribution < -0.4 is 9.88 Å². The normalized spacial score (nSPS) is 10.1. The highest BCUT2D eigenvalue weighted by Gasteiger charge is 2.09. The quantitative estimate of drug-likeness (QED) is 0.805. The smallest absolute Gasteiger partial charge is 0.290 e. The maximum atomic E-state index is 11.8. The second kappa shape index (κ2) is 5.31. The molecule has 0 aliphatic rings. The first-order chi connectivity index (χ1) is 8.63. The molecule has 2 rings (SSSR count). The minimum atomic E-state index is -0.129. The second-order valence-electron chi connectivity index (χ2n) is 4.15. The highest BCUT2D eigenvalue weighted by atomic mass is 16.3. The van der Waals surface area contributed by atoms with E-state index in [1.54, 1.807) is 22.9 Å².